The molecule has 0 aromatic carbocycles. The first-order valence-corrected chi connectivity index (χ1v) is 10.3. The number of nitrogens with zero attached hydrogens (tertiary/aromatic N) is 2. The molecule has 4 aliphatic rings. The van der Waals surface area contributed by atoms with Crippen molar-refractivity contribution in [1.29, 1.82) is 0 Å². The average Bonchev–Trinajstić information content (AvgIpc) is 3.20. The van der Waals surface area contributed by atoms with Crippen molar-refractivity contribution in [1.82, 2.24) is 20.4 Å². The van der Waals surface area contributed by atoms with Crippen LogP contribution in [0.3, 0.4) is 0 Å². The molecule has 144 valence electrons. The molecule has 4 unspecified atom stereocenters. The maximum atomic E-state index is 5.48. The van der Waals surface area contributed by atoms with Crippen LogP contribution < -0.4 is 10.6 Å². The molecule has 0 amide bonds. The quantitative estimate of drug-likeness (QED) is 0.724. The average molecular weight is 379 g/mol. The molecule has 2 bridgehead atoms. The molecule has 4 saturated heterocycles. The number of hydrogen-bond acceptors (Lipinski definition) is 5. The van der Waals surface area contributed by atoms with Gasteiger partial charge in [-0.1, -0.05) is 0 Å². The van der Waals surface area contributed by atoms with E-state index >= 15 is 0 Å². The molecule has 7 heteroatoms. The van der Waals surface area contributed by atoms with Crippen molar-refractivity contribution >= 4 is 17.3 Å². The highest BCUT2D eigenvalue weighted by molar-refractivity contribution is 7.80. The first-order chi connectivity index (χ1) is 12.8. The van der Waals surface area contributed by atoms with E-state index in [1.807, 2.05) is 12.1 Å². The van der Waals surface area contributed by atoms with E-state index in [-0.39, 0.29) is 0 Å². The summed E-state index contributed by atoms with van der Waals surface area (Å²) >= 11 is 5.41. The minimum atomic E-state index is 0.609. The lowest BCUT2D eigenvalue weighted by molar-refractivity contribution is -0.0287. The Hall–Kier alpha value is -1.15. The fourth-order valence-corrected chi connectivity index (χ4v) is 4.79. The number of thiocarbonyl (C=S) groups is 1. The molecular formula is C19H30N4O2S. The zero-order valence-electron chi connectivity index (χ0n) is 15.4. The van der Waals surface area contributed by atoms with Gasteiger partial charge in [0.25, 0.3) is 0 Å². The summed E-state index contributed by atoms with van der Waals surface area (Å²) in [6, 6.07) is 4.46. The second-order valence-corrected chi connectivity index (χ2v) is 8.16. The monoisotopic (exact) mass is 378 g/mol. The smallest absolute Gasteiger partial charge is 0.166 e. The molecule has 4 aliphatic heterocycles. The van der Waals surface area contributed by atoms with E-state index in [9.17, 15) is 0 Å². The normalized spacial score (nSPS) is 31.7. The second kappa shape index (κ2) is 8.69. The summed E-state index contributed by atoms with van der Waals surface area (Å²) in [5.74, 6) is 2.59. The van der Waals surface area contributed by atoms with Crippen molar-refractivity contribution < 1.29 is 9.15 Å². The number of hydrogen-bond donors (Lipinski definition) is 2. The summed E-state index contributed by atoms with van der Waals surface area (Å²) in [5, 5.41) is 7.34. The van der Waals surface area contributed by atoms with E-state index in [2.05, 4.69) is 20.4 Å². The summed E-state index contributed by atoms with van der Waals surface area (Å²) < 4.78 is 10.8. The fraction of sp³-hybridized carbons (Fsp3) is 0.737. The number of nitrogens with one attached hydrogen (secondary N) is 2. The van der Waals surface area contributed by atoms with Crippen molar-refractivity contribution in [3.8, 4) is 0 Å². The van der Waals surface area contributed by atoms with Gasteiger partial charge in [0.2, 0.25) is 0 Å². The van der Waals surface area contributed by atoms with E-state index in [0.717, 1.165) is 50.4 Å². The summed E-state index contributed by atoms with van der Waals surface area (Å²) in [7, 11) is 0. The summed E-state index contributed by atoms with van der Waals surface area (Å²) in [6.07, 6.45) is 4.34. The maximum absolute atomic E-state index is 5.48. The van der Waals surface area contributed by atoms with Gasteiger partial charge in [-0.25, -0.2) is 0 Å². The third-order valence-corrected chi connectivity index (χ3v) is 6.40. The Morgan fingerprint density at radius 1 is 1.23 bits per heavy atom. The van der Waals surface area contributed by atoms with Gasteiger partial charge in [-0.05, 0) is 55.6 Å². The number of morpholine rings is 1. The van der Waals surface area contributed by atoms with Gasteiger partial charge in [-0.3, -0.25) is 9.80 Å². The van der Waals surface area contributed by atoms with Crippen LogP contribution in [-0.2, 0) is 11.3 Å². The van der Waals surface area contributed by atoms with Gasteiger partial charge in [-0.2, -0.15) is 0 Å². The zero-order valence-corrected chi connectivity index (χ0v) is 16.2. The number of furan rings is 1. The van der Waals surface area contributed by atoms with Crippen LogP contribution in [0.1, 0.15) is 18.6 Å². The molecule has 6 nitrogen and oxygen atoms in total. The summed E-state index contributed by atoms with van der Waals surface area (Å²) in [5.41, 5.74) is 0. The van der Waals surface area contributed by atoms with Gasteiger partial charge in [0.1, 0.15) is 5.76 Å². The van der Waals surface area contributed by atoms with Crippen LogP contribution in [0.5, 0.6) is 0 Å². The molecule has 1 aromatic heterocycles. The van der Waals surface area contributed by atoms with Gasteiger partial charge in [0.05, 0.1) is 26.0 Å². The highest BCUT2D eigenvalue weighted by atomic mass is 32.1. The van der Waals surface area contributed by atoms with Crippen LogP contribution in [0, 0.1) is 11.8 Å². The Balaban J connectivity index is 1.19. The molecule has 5 heterocycles. The summed E-state index contributed by atoms with van der Waals surface area (Å²) in [6.45, 7) is 9.29. The predicted octanol–water partition coefficient (Wildman–Crippen LogP) is 1.29. The van der Waals surface area contributed by atoms with Crippen LogP contribution in [0.25, 0.3) is 0 Å². The fourth-order valence-electron chi connectivity index (χ4n) is 4.64. The lowest BCUT2D eigenvalue weighted by atomic mass is 9.75. The number of rotatable bonds is 6. The highest BCUT2D eigenvalue weighted by Crippen LogP contribution is 2.36. The lowest BCUT2D eigenvalue weighted by Gasteiger charge is -2.51. The largest absolute Gasteiger partial charge is 0.467 e. The Bertz CT molecular complexity index is 576. The van der Waals surface area contributed by atoms with Gasteiger partial charge < -0.3 is 19.8 Å². The van der Waals surface area contributed by atoms with Crippen molar-refractivity contribution in [2.75, 3.05) is 52.5 Å². The molecular weight excluding hydrogens is 348 g/mol. The van der Waals surface area contributed by atoms with E-state index in [0.29, 0.717) is 17.7 Å². The Labute approximate surface area is 161 Å². The Morgan fingerprint density at radius 2 is 2.12 bits per heavy atom. The molecule has 0 radical (unpaired) electrons. The highest BCUT2D eigenvalue weighted by Gasteiger charge is 2.40. The second-order valence-electron chi connectivity index (χ2n) is 7.75. The van der Waals surface area contributed by atoms with Gasteiger partial charge in [-0.15, -0.1) is 0 Å². The van der Waals surface area contributed by atoms with E-state index in [1.54, 1.807) is 6.26 Å². The zero-order chi connectivity index (χ0) is 17.8. The lowest BCUT2D eigenvalue weighted by Crippen LogP contribution is -2.59. The van der Waals surface area contributed by atoms with E-state index < -0.39 is 0 Å². The molecule has 4 fully saturated rings. The third kappa shape index (κ3) is 4.57. The van der Waals surface area contributed by atoms with Crippen LogP contribution in [0.15, 0.2) is 22.8 Å². The van der Waals surface area contributed by atoms with Crippen LogP contribution >= 0.6 is 12.2 Å². The van der Waals surface area contributed by atoms with Crippen molar-refractivity contribution in [3.05, 3.63) is 24.2 Å². The number of fused-ring (bicyclic) bond motifs is 3. The first-order valence-electron chi connectivity index (χ1n) is 9.86. The minimum absolute atomic E-state index is 0.609. The van der Waals surface area contributed by atoms with Crippen molar-refractivity contribution in [2.45, 2.75) is 25.4 Å². The first kappa shape index (κ1) is 18.2. The van der Waals surface area contributed by atoms with E-state index in [4.69, 9.17) is 21.4 Å². The topological polar surface area (TPSA) is 52.9 Å². The Morgan fingerprint density at radius 3 is 2.85 bits per heavy atom. The van der Waals surface area contributed by atoms with E-state index in [1.165, 1.54) is 32.5 Å². The van der Waals surface area contributed by atoms with Crippen LogP contribution in [0.4, 0.5) is 0 Å². The third-order valence-electron chi connectivity index (χ3n) is 6.11. The van der Waals surface area contributed by atoms with Crippen molar-refractivity contribution in [3.63, 3.8) is 0 Å². The molecule has 0 aliphatic carbocycles. The van der Waals surface area contributed by atoms with Crippen LogP contribution in [0.2, 0.25) is 0 Å². The van der Waals surface area contributed by atoms with Crippen LogP contribution in [-0.4, -0.2) is 73.4 Å². The number of piperidine rings is 3. The minimum Gasteiger partial charge on any atom is -0.467 e. The maximum Gasteiger partial charge on any atom is 0.166 e. The molecule has 0 spiro atoms. The molecule has 26 heavy (non-hydrogen) atoms. The molecule has 5 rings (SSSR count). The Kier molecular flexibility index (Phi) is 6.09. The molecule has 0 saturated carbocycles. The van der Waals surface area contributed by atoms with Gasteiger partial charge in [0.15, 0.2) is 5.11 Å². The molecule has 2 N–H and O–H groups in total. The summed E-state index contributed by atoms with van der Waals surface area (Å²) in [4.78, 5) is 5.27. The molecule has 1 aromatic rings. The standard InChI is InChI=1S/C19H30N4O2S/c26-19(21-12-18-2-1-7-25-18)20-11-17-10-15-3-4-23(17)14-16(15)13-22-5-8-24-9-6-22/h1-2,7,15-17H,3-6,8-14H2,(H2,20,21,26). The van der Waals surface area contributed by atoms with Gasteiger partial charge >= 0.3 is 0 Å². The molecule has 4 atom stereocenters. The number of ether oxygens (including phenoxy) is 1. The van der Waals surface area contributed by atoms with Crippen molar-refractivity contribution in [2.24, 2.45) is 11.8 Å². The van der Waals surface area contributed by atoms with Gasteiger partial charge in [0, 0.05) is 38.8 Å². The SMILES string of the molecule is S=C(NCc1ccco1)NCC1CC2CCN1CC2CN1CCOCC1. The predicted molar refractivity (Wildman–Crippen MR) is 105 cm³/mol.